The van der Waals surface area contributed by atoms with Crippen LogP contribution in [0, 0.1) is 0 Å². The van der Waals surface area contributed by atoms with Crippen molar-refractivity contribution in [2.24, 2.45) is 0 Å². The molecule has 0 aliphatic carbocycles. The lowest BCUT2D eigenvalue weighted by molar-refractivity contribution is 0.717. The Kier molecular flexibility index (Phi) is 3.83. The van der Waals surface area contributed by atoms with E-state index in [1.54, 1.807) is 6.20 Å². The molecule has 14 heavy (non-hydrogen) atoms. The molecule has 0 bridgehead atoms. The molecule has 0 atom stereocenters. The molecule has 4 nitrogen and oxygen atoms in total. The van der Waals surface area contributed by atoms with Crippen LogP contribution >= 0.6 is 0 Å². The van der Waals surface area contributed by atoms with Gasteiger partial charge in [0.15, 0.2) is 0 Å². The van der Waals surface area contributed by atoms with Gasteiger partial charge < -0.3 is 10.2 Å². The average Bonchev–Trinajstić information content (AvgIpc) is 2.17. The smallest absolute Gasteiger partial charge is 0.144 e. The normalized spacial score (nSPS) is 10.6. The maximum atomic E-state index is 4.44. The molecule has 4 heteroatoms. The van der Waals surface area contributed by atoms with E-state index in [9.17, 15) is 0 Å². The fourth-order valence-electron chi connectivity index (χ4n) is 1.09. The molecule has 78 valence electrons. The molecule has 1 rings (SSSR count). The molecule has 0 aliphatic heterocycles. The molecule has 0 amide bonds. The fourth-order valence-corrected chi connectivity index (χ4v) is 1.09. The second-order valence-corrected chi connectivity index (χ2v) is 3.57. The zero-order valence-corrected chi connectivity index (χ0v) is 9.28. The Bertz CT molecular complexity index is 285. The predicted molar refractivity (Wildman–Crippen MR) is 58.3 cm³/mol. The summed E-state index contributed by atoms with van der Waals surface area (Å²) in [6.07, 6.45) is 1.80. The van der Waals surface area contributed by atoms with Gasteiger partial charge in [-0.1, -0.05) is 0 Å². The fraction of sp³-hybridized carbons (Fsp3) is 0.600. The summed E-state index contributed by atoms with van der Waals surface area (Å²) in [6.45, 7) is 4.99. The molecule has 0 saturated heterocycles. The van der Waals surface area contributed by atoms with Gasteiger partial charge in [0.1, 0.15) is 11.6 Å². The highest BCUT2D eigenvalue weighted by atomic mass is 15.2. The van der Waals surface area contributed by atoms with E-state index in [-0.39, 0.29) is 0 Å². The highest BCUT2D eigenvalue weighted by Gasteiger charge is 2.06. The number of anilines is 1. The molecule has 0 fully saturated rings. The minimum atomic E-state index is 0.451. The molecule has 0 radical (unpaired) electrons. The van der Waals surface area contributed by atoms with E-state index < -0.39 is 0 Å². The average molecular weight is 194 g/mol. The number of hydrogen-bond donors (Lipinski definition) is 1. The highest BCUT2D eigenvalue weighted by molar-refractivity contribution is 5.37. The van der Waals surface area contributed by atoms with Crippen LogP contribution in [0.1, 0.15) is 19.7 Å². The van der Waals surface area contributed by atoms with Gasteiger partial charge in [0.2, 0.25) is 0 Å². The van der Waals surface area contributed by atoms with Gasteiger partial charge in [0.25, 0.3) is 0 Å². The first-order chi connectivity index (χ1) is 6.65. The van der Waals surface area contributed by atoms with Crippen LogP contribution < -0.4 is 10.2 Å². The second-order valence-electron chi connectivity index (χ2n) is 3.57. The summed E-state index contributed by atoms with van der Waals surface area (Å²) in [4.78, 5) is 10.7. The molecule has 1 aromatic heterocycles. The van der Waals surface area contributed by atoms with Gasteiger partial charge in [0, 0.05) is 19.3 Å². The Labute approximate surface area is 85.4 Å². The Morgan fingerprint density at radius 2 is 2.21 bits per heavy atom. The van der Waals surface area contributed by atoms with Gasteiger partial charge in [-0.05, 0) is 27.0 Å². The predicted octanol–water partition coefficient (Wildman–Crippen LogP) is 1.04. The summed E-state index contributed by atoms with van der Waals surface area (Å²) in [5, 5.41) is 3.04. The van der Waals surface area contributed by atoms with Crippen LogP contribution in [0.4, 0.5) is 5.82 Å². The van der Waals surface area contributed by atoms with Crippen LogP contribution in [-0.4, -0.2) is 30.1 Å². The molecule has 1 N–H and O–H groups in total. The lowest BCUT2D eigenvalue weighted by Gasteiger charge is -2.22. The van der Waals surface area contributed by atoms with Crippen molar-refractivity contribution in [1.29, 1.82) is 0 Å². The van der Waals surface area contributed by atoms with E-state index in [0.29, 0.717) is 12.6 Å². The molecule has 1 aromatic rings. The maximum Gasteiger partial charge on any atom is 0.144 e. The lowest BCUT2D eigenvalue weighted by Crippen LogP contribution is -2.27. The number of hydrogen-bond acceptors (Lipinski definition) is 4. The zero-order valence-electron chi connectivity index (χ0n) is 9.28. The largest absolute Gasteiger partial charge is 0.357 e. The van der Waals surface area contributed by atoms with Gasteiger partial charge in [-0.25, -0.2) is 9.97 Å². The van der Waals surface area contributed by atoms with Gasteiger partial charge in [-0.15, -0.1) is 0 Å². The van der Waals surface area contributed by atoms with Crippen LogP contribution in [0.2, 0.25) is 0 Å². The molecule has 0 aliphatic rings. The lowest BCUT2D eigenvalue weighted by atomic mass is 10.3. The van der Waals surface area contributed by atoms with Crippen molar-refractivity contribution in [2.45, 2.75) is 26.4 Å². The first-order valence-electron chi connectivity index (χ1n) is 4.84. The van der Waals surface area contributed by atoms with E-state index in [4.69, 9.17) is 0 Å². The quantitative estimate of drug-likeness (QED) is 0.777. The van der Waals surface area contributed by atoms with Crippen LogP contribution in [-0.2, 0) is 6.54 Å². The zero-order chi connectivity index (χ0) is 10.6. The maximum absolute atomic E-state index is 4.44. The van der Waals surface area contributed by atoms with E-state index in [1.807, 2.05) is 20.2 Å². The topological polar surface area (TPSA) is 41.1 Å². The summed E-state index contributed by atoms with van der Waals surface area (Å²) in [5.41, 5.74) is 0. The van der Waals surface area contributed by atoms with Crippen molar-refractivity contribution >= 4 is 5.82 Å². The van der Waals surface area contributed by atoms with Crippen LogP contribution in [0.5, 0.6) is 0 Å². The molecule has 1 heterocycles. The Morgan fingerprint density at radius 3 is 2.79 bits per heavy atom. The van der Waals surface area contributed by atoms with Gasteiger partial charge in [0.05, 0.1) is 6.54 Å². The van der Waals surface area contributed by atoms with Crippen LogP contribution in [0.3, 0.4) is 0 Å². The SMILES string of the molecule is CNCc1nccc(N(C)C(C)C)n1. The third kappa shape index (κ3) is 2.67. The van der Waals surface area contributed by atoms with E-state index >= 15 is 0 Å². The first kappa shape index (κ1) is 10.9. The molecular formula is C10H18N4. The Balaban J connectivity index is 2.82. The van der Waals surface area contributed by atoms with Crippen molar-refractivity contribution < 1.29 is 0 Å². The minimum absolute atomic E-state index is 0.451. The highest BCUT2D eigenvalue weighted by Crippen LogP contribution is 2.10. The molecule has 0 spiro atoms. The van der Waals surface area contributed by atoms with Gasteiger partial charge >= 0.3 is 0 Å². The van der Waals surface area contributed by atoms with Crippen molar-refractivity contribution in [1.82, 2.24) is 15.3 Å². The second kappa shape index (κ2) is 4.91. The molecule has 0 aromatic carbocycles. The first-order valence-corrected chi connectivity index (χ1v) is 4.84. The summed E-state index contributed by atoms with van der Waals surface area (Å²) in [5.74, 6) is 1.80. The summed E-state index contributed by atoms with van der Waals surface area (Å²) in [7, 11) is 3.93. The number of nitrogens with one attached hydrogen (secondary N) is 1. The van der Waals surface area contributed by atoms with Crippen molar-refractivity contribution in [3.63, 3.8) is 0 Å². The summed E-state index contributed by atoms with van der Waals surface area (Å²) in [6, 6.07) is 2.38. The Morgan fingerprint density at radius 1 is 1.50 bits per heavy atom. The van der Waals surface area contributed by atoms with E-state index in [0.717, 1.165) is 11.6 Å². The number of rotatable bonds is 4. The van der Waals surface area contributed by atoms with Crippen LogP contribution in [0.25, 0.3) is 0 Å². The molecular weight excluding hydrogens is 176 g/mol. The van der Waals surface area contributed by atoms with Crippen molar-refractivity contribution in [2.75, 3.05) is 19.0 Å². The minimum Gasteiger partial charge on any atom is -0.357 e. The third-order valence-corrected chi connectivity index (χ3v) is 2.16. The van der Waals surface area contributed by atoms with Gasteiger partial charge in [-0.3, -0.25) is 0 Å². The molecule has 0 saturated carbocycles. The number of nitrogens with zero attached hydrogens (tertiary/aromatic N) is 3. The van der Waals surface area contributed by atoms with Crippen LogP contribution in [0.15, 0.2) is 12.3 Å². The van der Waals surface area contributed by atoms with Crippen molar-refractivity contribution in [3.8, 4) is 0 Å². The number of aromatic nitrogens is 2. The van der Waals surface area contributed by atoms with E-state index in [2.05, 4.69) is 34.0 Å². The summed E-state index contributed by atoms with van der Waals surface area (Å²) < 4.78 is 0. The standard InChI is InChI=1S/C10H18N4/c1-8(2)14(4)10-5-6-12-9(13-10)7-11-3/h5-6,8,11H,7H2,1-4H3. The third-order valence-electron chi connectivity index (χ3n) is 2.16. The molecule has 0 unspecified atom stereocenters. The van der Waals surface area contributed by atoms with E-state index in [1.165, 1.54) is 0 Å². The van der Waals surface area contributed by atoms with Crippen molar-refractivity contribution in [3.05, 3.63) is 18.1 Å². The van der Waals surface area contributed by atoms with Gasteiger partial charge in [-0.2, -0.15) is 0 Å². The Hall–Kier alpha value is -1.16. The summed E-state index contributed by atoms with van der Waals surface area (Å²) >= 11 is 0. The monoisotopic (exact) mass is 194 g/mol.